The van der Waals surface area contributed by atoms with Gasteiger partial charge in [-0.15, -0.1) is 0 Å². The number of nitriles is 1. The molecule has 0 radical (unpaired) electrons. The Balaban J connectivity index is 2.38. The van der Waals surface area contributed by atoms with Crippen LogP contribution < -0.4 is 4.74 Å². The molecule has 17 heavy (non-hydrogen) atoms. The molecule has 0 spiro atoms. The van der Waals surface area contributed by atoms with E-state index in [9.17, 15) is 4.39 Å². The summed E-state index contributed by atoms with van der Waals surface area (Å²) in [4.78, 5) is 7.05. The van der Waals surface area contributed by atoms with Crippen molar-refractivity contribution in [3.63, 3.8) is 0 Å². The fraction of sp³-hybridized carbons (Fsp3) is 0. The van der Waals surface area contributed by atoms with Crippen molar-refractivity contribution in [1.82, 2.24) is 9.97 Å². The molecule has 84 valence electrons. The van der Waals surface area contributed by atoms with Crippen molar-refractivity contribution in [2.24, 2.45) is 0 Å². The van der Waals surface area contributed by atoms with Gasteiger partial charge in [0.25, 0.3) is 5.88 Å². The maximum Gasteiger partial charge on any atom is 0.260 e. The van der Waals surface area contributed by atoms with E-state index in [1.165, 1.54) is 6.07 Å². The van der Waals surface area contributed by atoms with Gasteiger partial charge in [0.15, 0.2) is 0 Å². The Kier molecular flexibility index (Phi) is 3.17. The average molecular weight is 250 g/mol. The second kappa shape index (κ2) is 4.76. The summed E-state index contributed by atoms with van der Waals surface area (Å²) in [5.74, 6) is -0.849. The quantitative estimate of drug-likeness (QED) is 0.768. The highest BCUT2D eigenvalue weighted by Crippen LogP contribution is 2.25. The van der Waals surface area contributed by atoms with E-state index in [2.05, 4.69) is 9.97 Å². The second-order valence-electron chi connectivity index (χ2n) is 3.00. The highest BCUT2D eigenvalue weighted by molar-refractivity contribution is 6.28. The van der Waals surface area contributed by atoms with Crippen molar-refractivity contribution >= 4 is 11.6 Å². The Morgan fingerprint density at radius 2 is 2.12 bits per heavy atom. The maximum absolute atomic E-state index is 13.3. The van der Waals surface area contributed by atoms with Gasteiger partial charge in [-0.1, -0.05) is 12.1 Å². The van der Waals surface area contributed by atoms with Gasteiger partial charge in [-0.25, -0.2) is 4.98 Å². The van der Waals surface area contributed by atoms with Crippen molar-refractivity contribution in [2.45, 2.75) is 0 Å². The molecule has 0 aliphatic heterocycles. The minimum Gasteiger partial charge on any atom is -0.435 e. The highest BCUT2D eigenvalue weighted by atomic mass is 35.5. The summed E-state index contributed by atoms with van der Waals surface area (Å²) in [7, 11) is 0. The minimum absolute atomic E-state index is 0.129. The van der Waals surface area contributed by atoms with Crippen molar-refractivity contribution < 1.29 is 9.13 Å². The van der Waals surface area contributed by atoms with Gasteiger partial charge in [-0.2, -0.15) is 14.6 Å². The SMILES string of the molecule is N#Cc1ccccc1Oc1nc(Cl)ncc1F. The van der Waals surface area contributed by atoms with Crippen LogP contribution in [0.2, 0.25) is 5.28 Å². The first-order valence-corrected chi connectivity index (χ1v) is 4.93. The lowest BCUT2D eigenvalue weighted by atomic mass is 10.2. The number of aromatic nitrogens is 2. The molecule has 1 aromatic heterocycles. The van der Waals surface area contributed by atoms with Gasteiger partial charge in [0, 0.05) is 0 Å². The molecule has 4 nitrogen and oxygen atoms in total. The first kappa shape index (κ1) is 11.3. The molecule has 2 aromatic rings. The zero-order chi connectivity index (χ0) is 12.3. The topological polar surface area (TPSA) is 58.8 Å². The molecule has 0 atom stereocenters. The molecule has 0 fully saturated rings. The first-order chi connectivity index (χ1) is 8.20. The fourth-order valence-electron chi connectivity index (χ4n) is 1.15. The maximum atomic E-state index is 13.3. The van der Waals surface area contributed by atoms with Crippen LogP contribution in [0.4, 0.5) is 4.39 Å². The number of hydrogen-bond donors (Lipinski definition) is 0. The lowest BCUT2D eigenvalue weighted by Crippen LogP contribution is -1.95. The van der Waals surface area contributed by atoms with Gasteiger partial charge in [0.05, 0.1) is 11.8 Å². The van der Waals surface area contributed by atoms with Crippen LogP contribution in [-0.2, 0) is 0 Å². The summed E-state index contributed by atoms with van der Waals surface area (Å²) < 4.78 is 18.5. The average Bonchev–Trinajstić information content (AvgIpc) is 2.34. The lowest BCUT2D eigenvalue weighted by molar-refractivity contribution is 0.419. The smallest absolute Gasteiger partial charge is 0.260 e. The van der Waals surface area contributed by atoms with E-state index in [4.69, 9.17) is 21.6 Å². The summed E-state index contributed by atoms with van der Waals surface area (Å²) in [5, 5.41) is 8.71. The highest BCUT2D eigenvalue weighted by Gasteiger charge is 2.10. The molecule has 0 amide bonds. The van der Waals surface area contributed by atoms with E-state index in [1.54, 1.807) is 18.2 Å². The van der Waals surface area contributed by atoms with E-state index in [0.29, 0.717) is 0 Å². The van der Waals surface area contributed by atoms with Crippen LogP contribution in [0.5, 0.6) is 11.6 Å². The third-order valence-electron chi connectivity index (χ3n) is 1.90. The van der Waals surface area contributed by atoms with Gasteiger partial charge >= 0.3 is 0 Å². The molecular formula is C11H5ClFN3O. The van der Waals surface area contributed by atoms with Crippen LogP contribution in [0.1, 0.15) is 5.56 Å². The van der Waals surface area contributed by atoms with E-state index < -0.39 is 5.82 Å². The Labute approximate surface area is 101 Å². The van der Waals surface area contributed by atoms with Crippen molar-refractivity contribution in [2.75, 3.05) is 0 Å². The molecular weight excluding hydrogens is 245 g/mol. The predicted octanol–water partition coefficient (Wildman–Crippen LogP) is 2.93. The Morgan fingerprint density at radius 3 is 2.88 bits per heavy atom. The standard InChI is InChI=1S/C11H5ClFN3O/c12-11-15-6-8(13)10(16-11)17-9-4-2-1-3-7(9)5-14/h1-4,6H. The first-order valence-electron chi connectivity index (χ1n) is 4.55. The minimum atomic E-state index is -0.748. The number of para-hydroxylation sites is 1. The number of halogens is 2. The molecule has 0 unspecified atom stereocenters. The molecule has 0 aliphatic carbocycles. The van der Waals surface area contributed by atoms with Crippen LogP contribution in [0.15, 0.2) is 30.5 Å². The van der Waals surface area contributed by atoms with Gasteiger partial charge in [-0.05, 0) is 23.7 Å². The van der Waals surface area contributed by atoms with Crippen LogP contribution in [-0.4, -0.2) is 9.97 Å². The van der Waals surface area contributed by atoms with Gasteiger partial charge < -0.3 is 4.74 Å². The number of benzene rings is 1. The van der Waals surface area contributed by atoms with Crippen molar-refractivity contribution in [3.05, 3.63) is 47.1 Å². The number of rotatable bonds is 2. The number of hydrogen-bond acceptors (Lipinski definition) is 4. The molecule has 6 heteroatoms. The second-order valence-corrected chi connectivity index (χ2v) is 3.34. The number of ether oxygens (including phenoxy) is 1. The third-order valence-corrected chi connectivity index (χ3v) is 2.08. The molecule has 0 bridgehead atoms. The Hall–Kier alpha value is -2.19. The van der Waals surface area contributed by atoms with Crippen LogP contribution in [0, 0.1) is 17.1 Å². The Bertz CT molecular complexity index is 598. The Morgan fingerprint density at radius 1 is 1.35 bits per heavy atom. The van der Waals surface area contributed by atoms with E-state index in [-0.39, 0.29) is 22.5 Å². The van der Waals surface area contributed by atoms with Gasteiger partial charge in [0.1, 0.15) is 11.8 Å². The molecule has 0 N–H and O–H groups in total. The van der Waals surface area contributed by atoms with E-state index >= 15 is 0 Å². The van der Waals surface area contributed by atoms with Crippen molar-refractivity contribution in [1.29, 1.82) is 5.26 Å². The summed E-state index contributed by atoms with van der Waals surface area (Å²) >= 11 is 5.52. The van der Waals surface area contributed by atoms with E-state index in [1.807, 2.05) is 6.07 Å². The van der Waals surface area contributed by atoms with E-state index in [0.717, 1.165) is 6.20 Å². The molecule has 0 saturated heterocycles. The normalized spacial score (nSPS) is 9.71. The summed E-state index contributed by atoms with van der Waals surface area (Å²) in [6.45, 7) is 0. The van der Waals surface area contributed by atoms with Gasteiger partial charge in [0.2, 0.25) is 11.1 Å². The van der Waals surface area contributed by atoms with Crippen LogP contribution in [0.3, 0.4) is 0 Å². The van der Waals surface area contributed by atoms with Gasteiger partial charge in [-0.3, -0.25) is 0 Å². The largest absolute Gasteiger partial charge is 0.435 e. The van der Waals surface area contributed by atoms with Crippen LogP contribution in [0.25, 0.3) is 0 Å². The molecule has 0 aliphatic rings. The van der Waals surface area contributed by atoms with Crippen molar-refractivity contribution in [3.8, 4) is 17.7 Å². The summed E-state index contributed by atoms with van der Waals surface area (Å²) in [6, 6.07) is 8.35. The predicted molar refractivity (Wildman–Crippen MR) is 58.2 cm³/mol. The summed E-state index contributed by atoms with van der Waals surface area (Å²) in [6.07, 6.45) is 0.902. The zero-order valence-corrected chi connectivity index (χ0v) is 9.15. The fourth-order valence-corrected chi connectivity index (χ4v) is 1.28. The molecule has 1 aromatic carbocycles. The monoisotopic (exact) mass is 249 g/mol. The number of nitrogens with zero attached hydrogens (tertiary/aromatic N) is 3. The lowest BCUT2D eigenvalue weighted by Gasteiger charge is -2.06. The third kappa shape index (κ3) is 2.49. The summed E-state index contributed by atoms with van der Waals surface area (Å²) in [5.41, 5.74) is 0.279. The molecule has 0 saturated carbocycles. The zero-order valence-electron chi connectivity index (χ0n) is 8.39. The molecule has 1 heterocycles. The van der Waals surface area contributed by atoms with Crippen LogP contribution >= 0.6 is 11.6 Å². The molecule has 2 rings (SSSR count).